The Kier molecular flexibility index (Phi) is 7.15. The summed E-state index contributed by atoms with van der Waals surface area (Å²) in [7, 11) is -3.91. The largest absolute Gasteiger partial charge is 0.474 e. The lowest BCUT2D eigenvalue weighted by Gasteiger charge is -2.27. The lowest BCUT2D eigenvalue weighted by molar-refractivity contribution is -0.386. The number of amides is 1. The summed E-state index contributed by atoms with van der Waals surface area (Å²) in [5.41, 5.74) is 1.75. The highest BCUT2D eigenvalue weighted by Crippen LogP contribution is 2.33. The quantitative estimate of drug-likeness (QED) is 0.468. The molecule has 0 saturated carbocycles. The van der Waals surface area contributed by atoms with Crippen LogP contribution in [0.4, 0.5) is 5.69 Å². The van der Waals surface area contributed by atoms with Crippen molar-refractivity contribution in [2.24, 2.45) is 0 Å². The Balaban J connectivity index is 1.50. The number of benzene rings is 2. The van der Waals surface area contributed by atoms with E-state index in [-0.39, 0.29) is 43.0 Å². The molecule has 2 aromatic rings. The first-order valence-electron chi connectivity index (χ1n) is 11.2. The van der Waals surface area contributed by atoms with E-state index in [0.717, 1.165) is 30.9 Å². The second-order valence-corrected chi connectivity index (χ2v) is 10.3. The number of sulfonamides is 1. The van der Waals surface area contributed by atoms with Crippen molar-refractivity contribution >= 4 is 21.6 Å². The number of nitrogens with zero attached hydrogens (tertiary/aromatic N) is 2. The fourth-order valence-corrected chi connectivity index (χ4v) is 5.70. The number of carbonyl (C=O) groups excluding carboxylic acids is 1. The molecule has 1 aliphatic carbocycles. The van der Waals surface area contributed by atoms with Gasteiger partial charge in [0.25, 0.3) is 5.91 Å². The first kappa shape index (κ1) is 24.1. The number of morpholine rings is 1. The highest BCUT2D eigenvalue weighted by Gasteiger charge is 2.31. The van der Waals surface area contributed by atoms with Gasteiger partial charge < -0.3 is 14.8 Å². The smallest absolute Gasteiger partial charge is 0.312 e. The van der Waals surface area contributed by atoms with Crippen molar-refractivity contribution in [2.45, 2.75) is 43.2 Å². The van der Waals surface area contributed by atoms with Crippen molar-refractivity contribution in [3.05, 3.63) is 63.7 Å². The summed E-state index contributed by atoms with van der Waals surface area (Å²) in [4.78, 5) is 23.6. The van der Waals surface area contributed by atoms with Crippen molar-refractivity contribution in [3.8, 4) is 5.75 Å². The van der Waals surface area contributed by atoms with Crippen molar-refractivity contribution < 1.29 is 27.6 Å². The van der Waals surface area contributed by atoms with Crippen LogP contribution < -0.4 is 10.1 Å². The molecule has 0 bridgehead atoms. The van der Waals surface area contributed by atoms with Gasteiger partial charge in [0.05, 0.1) is 29.1 Å². The minimum Gasteiger partial charge on any atom is -0.474 e. The molecule has 4 rings (SSSR count). The molecular weight excluding hydrogens is 462 g/mol. The normalized spacial score (nSPS) is 19.6. The van der Waals surface area contributed by atoms with Crippen LogP contribution in [0.25, 0.3) is 0 Å². The molecule has 11 heteroatoms. The zero-order valence-corrected chi connectivity index (χ0v) is 19.6. The van der Waals surface area contributed by atoms with Gasteiger partial charge in [-0.25, -0.2) is 8.42 Å². The van der Waals surface area contributed by atoms with E-state index >= 15 is 0 Å². The number of aryl methyl sites for hydroxylation is 1. The van der Waals surface area contributed by atoms with Gasteiger partial charge in [-0.05, 0) is 49.4 Å². The van der Waals surface area contributed by atoms with Gasteiger partial charge in [0, 0.05) is 19.2 Å². The Bertz CT molecular complexity index is 1180. The minimum atomic E-state index is -3.91. The molecule has 1 saturated heterocycles. The number of rotatable bonds is 7. The van der Waals surface area contributed by atoms with Crippen LogP contribution >= 0.6 is 0 Å². The molecule has 2 unspecified atom stereocenters. The standard InChI is InChI=1S/C23H27N3O7S/c1-16(23(27)24-20-8-4-6-17-5-2-3-7-19(17)20)33-22-10-9-18(15-21(22)26(28)29)34(30,31)25-11-13-32-14-12-25/h2-3,5,7,9-10,15-16,20H,4,6,8,11-14H2,1H3,(H,24,27). The van der Waals surface area contributed by atoms with Crippen LogP contribution in [0.3, 0.4) is 0 Å². The fraction of sp³-hybridized carbons (Fsp3) is 0.435. The topological polar surface area (TPSA) is 128 Å². The highest BCUT2D eigenvalue weighted by molar-refractivity contribution is 7.89. The number of hydrogen-bond donors (Lipinski definition) is 1. The first-order chi connectivity index (χ1) is 16.3. The molecule has 1 aliphatic heterocycles. The van der Waals surface area contributed by atoms with Gasteiger partial charge in [-0.2, -0.15) is 4.31 Å². The number of fused-ring (bicyclic) bond motifs is 1. The van der Waals surface area contributed by atoms with Gasteiger partial charge in [-0.15, -0.1) is 0 Å². The highest BCUT2D eigenvalue weighted by atomic mass is 32.2. The molecule has 0 spiro atoms. The summed E-state index contributed by atoms with van der Waals surface area (Å²) >= 11 is 0. The maximum Gasteiger partial charge on any atom is 0.312 e. The van der Waals surface area contributed by atoms with Gasteiger partial charge in [0.15, 0.2) is 11.9 Å². The Morgan fingerprint density at radius 2 is 1.97 bits per heavy atom. The van der Waals surface area contributed by atoms with E-state index in [0.29, 0.717) is 0 Å². The van der Waals surface area contributed by atoms with Crippen molar-refractivity contribution in [1.82, 2.24) is 9.62 Å². The third-order valence-corrected chi connectivity index (χ3v) is 7.99. The van der Waals surface area contributed by atoms with Crippen LogP contribution in [0.15, 0.2) is 47.4 Å². The van der Waals surface area contributed by atoms with Crippen LogP contribution in [0.2, 0.25) is 0 Å². The number of nitro groups is 1. The maximum absolute atomic E-state index is 12.9. The third kappa shape index (κ3) is 5.06. The van der Waals surface area contributed by atoms with Crippen LogP contribution in [0, 0.1) is 10.1 Å². The van der Waals surface area contributed by atoms with Gasteiger partial charge >= 0.3 is 5.69 Å². The molecule has 182 valence electrons. The molecule has 34 heavy (non-hydrogen) atoms. The summed E-state index contributed by atoms with van der Waals surface area (Å²) < 4.78 is 37.8. The van der Waals surface area contributed by atoms with E-state index < -0.39 is 32.6 Å². The van der Waals surface area contributed by atoms with Crippen molar-refractivity contribution in [1.29, 1.82) is 0 Å². The molecule has 2 aromatic carbocycles. The summed E-state index contributed by atoms with van der Waals surface area (Å²) in [6.07, 6.45) is 1.68. The maximum atomic E-state index is 12.9. The Labute approximate surface area is 198 Å². The number of hydrogen-bond acceptors (Lipinski definition) is 7. The third-order valence-electron chi connectivity index (χ3n) is 6.09. The lowest BCUT2D eigenvalue weighted by Crippen LogP contribution is -2.40. The van der Waals surface area contributed by atoms with Crippen LogP contribution in [-0.2, 0) is 26.0 Å². The van der Waals surface area contributed by atoms with Gasteiger partial charge in [0.1, 0.15) is 0 Å². The predicted molar refractivity (Wildman–Crippen MR) is 123 cm³/mol. The molecule has 0 aromatic heterocycles. The lowest BCUT2D eigenvalue weighted by atomic mass is 9.87. The second-order valence-electron chi connectivity index (χ2n) is 8.32. The van der Waals surface area contributed by atoms with E-state index in [9.17, 15) is 23.3 Å². The van der Waals surface area contributed by atoms with Gasteiger partial charge in [0.2, 0.25) is 10.0 Å². The molecule has 10 nitrogen and oxygen atoms in total. The van der Waals surface area contributed by atoms with E-state index in [2.05, 4.69) is 5.32 Å². The molecule has 1 heterocycles. The van der Waals surface area contributed by atoms with E-state index in [1.54, 1.807) is 0 Å². The molecule has 1 N–H and O–H groups in total. The summed E-state index contributed by atoms with van der Waals surface area (Å²) in [5, 5.41) is 14.7. The van der Waals surface area contributed by atoms with Crippen molar-refractivity contribution in [3.63, 3.8) is 0 Å². The van der Waals surface area contributed by atoms with Crippen molar-refractivity contribution in [2.75, 3.05) is 26.3 Å². The average Bonchev–Trinajstić information content (AvgIpc) is 2.84. The number of carbonyl (C=O) groups is 1. The van der Waals surface area contributed by atoms with E-state index in [1.165, 1.54) is 28.9 Å². The van der Waals surface area contributed by atoms with E-state index in [1.807, 2.05) is 24.3 Å². The predicted octanol–water partition coefficient (Wildman–Crippen LogP) is 2.58. The monoisotopic (exact) mass is 489 g/mol. The SMILES string of the molecule is CC(Oc1ccc(S(=O)(=O)N2CCOCC2)cc1[N+](=O)[O-])C(=O)NC1CCCc2ccccc21. The molecular formula is C23H27N3O7S. The first-order valence-corrected chi connectivity index (χ1v) is 12.6. The van der Waals surface area contributed by atoms with Gasteiger partial charge in [-0.1, -0.05) is 24.3 Å². The molecule has 0 radical (unpaired) electrons. The van der Waals surface area contributed by atoms with Crippen LogP contribution in [-0.4, -0.2) is 56.0 Å². The summed E-state index contributed by atoms with van der Waals surface area (Å²) in [5.74, 6) is -0.571. The second kappa shape index (κ2) is 10.1. The van der Waals surface area contributed by atoms with Crippen LogP contribution in [0.5, 0.6) is 5.75 Å². The Morgan fingerprint density at radius 1 is 1.24 bits per heavy atom. The number of nitrogens with one attached hydrogen (secondary N) is 1. The minimum absolute atomic E-state index is 0.153. The van der Waals surface area contributed by atoms with Crippen LogP contribution in [0.1, 0.15) is 36.9 Å². The number of nitro benzene ring substituents is 1. The fourth-order valence-electron chi connectivity index (χ4n) is 4.27. The molecule has 2 aliphatic rings. The molecule has 1 fully saturated rings. The summed E-state index contributed by atoms with van der Waals surface area (Å²) in [6, 6.07) is 11.2. The molecule has 1 amide bonds. The summed E-state index contributed by atoms with van der Waals surface area (Å²) in [6.45, 7) is 2.39. The zero-order chi connectivity index (χ0) is 24.3. The Morgan fingerprint density at radius 3 is 2.71 bits per heavy atom. The zero-order valence-electron chi connectivity index (χ0n) is 18.8. The molecule has 2 atom stereocenters. The van der Waals surface area contributed by atoms with E-state index in [4.69, 9.17) is 9.47 Å². The van der Waals surface area contributed by atoms with Gasteiger partial charge in [-0.3, -0.25) is 14.9 Å². The Hall–Kier alpha value is -3.02. The number of ether oxygens (including phenoxy) is 2. The average molecular weight is 490 g/mol.